The van der Waals surface area contributed by atoms with Crippen molar-refractivity contribution in [3.8, 4) is 0 Å². The minimum absolute atomic E-state index is 0.153. The summed E-state index contributed by atoms with van der Waals surface area (Å²) >= 11 is 3.47. The number of benzene rings is 1. The number of hydrogen-bond donors (Lipinski definition) is 1. The monoisotopic (exact) mass is 239 g/mol. The van der Waals surface area contributed by atoms with Gasteiger partial charge in [0.05, 0.1) is 6.04 Å². The first-order chi connectivity index (χ1) is 6.27. The van der Waals surface area contributed by atoms with Gasteiger partial charge in [-0.05, 0) is 18.1 Å². The molecule has 0 spiro atoms. The standard InChI is InChI=1S/C10H10BrNO/c11-8-4-2-1-3-7(8)9-5-6-10(13)12-9/h1-4,9H,5-6H2,(H,12,13). The summed E-state index contributed by atoms with van der Waals surface area (Å²) in [4.78, 5) is 11.0. The van der Waals surface area contributed by atoms with E-state index in [1.807, 2.05) is 24.3 Å². The van der Waals surface area contributed by atoms with E-state index in [4.69, 9.17) is 0 Å². The molecule has 13 heavy (non-hydrogen) atoms. The third-order valence-electron chi connectivity index (χ3n) is 2.28. The Bertz CT molecular complexity index is 337. The molecule has 1 fully saturated rings. The Morgan fingerprint density at radius 2 is 2.15 bits per heavy atom. The Labute approximate surface area is 85.5 Å². The molecule has 0 aliphatic carbocycles. The minimum Gasteiger partial charge on any atom is -0.349 e. The van der Waals surface area contributed by atoms with Gasteiger partial charge in [-0.3, -0.25) is 4.79 Å². The van der Waals surface area contributed by atoms with E-state index >= 15 is 0 Å². The lowest BCUT2D eigenvalue weighted by molar-refractivity contribution is -0.119. The van der Waals surface area contributed by atoms with Gasteiger partial charge in [-0.15, -0.1) is 0 Å². The lowest BCUT2D eigenvalue weighted by Crippen LogP contribution is -2.18. The molecule has 1 heterocycles. The third kappa shape index (κ3) is 1.75. The largest absolute Gasteiger partial charge is 0.349 e. The zero-order valence-corrected chi connectivity index (χ0v) is 8.67. The van der Waals surface area contributed by atoms with Crippen LogP contribution in [0, 0.1) is 0 Å². The van der Waals surface area contributed by atoms with E-state index in [-0.39, 0.29) is 11.9 Å². The highest BCUT2D eigenvalue weighted by molar-refractivity contribution is 9.10. The Balaban J connectivity index is 2.26. The van der Waals surface area contributed by atoms with Crippen molar-refractivity contribution in [2.45, 2.75) is 18.9 Å². The van der Waals surface area contributed by atoms with Crippen molar-refractivity contribution in [2.24, 2.45) is 0 Å². The van der Waals surface area contributed by atoms with E-state index in [0.29, 0.717) is 6.42 Å². The summed E-state index contributed by atoms with van der Waals surface area (Å²) in [6.45, 7) is 0. The molecule has 0 saturated carbocycles. The van der Waals surface area contributed by atoms with E-state index in [1.165, 1.54) is 5.56 Å². The van der Waals surface area contributed by atoms with Crippen LogP contribution in [0.5, 0.6) is 0 Å². The number of nitrogens with one attached hydrogen (secondary N) is 1. The van der Waals surface area contributed by atoms with Crippen LogP contribution in [0.15, 0.2) is 28.7 Å². The molecule has 3 heteroatoms. The van der Waals surface area contributed by atoms with Crippen LogP contribution in [-0.2, 0) is 4.79 Å². The molecule has 1 N–H and O–H groups in total. The van der Waals surface area contributed by atoms with Gasteiger partial charge >= 0.3 is 0 Å². The lowest BCUT2D eigenvalue weighted by Gasteiger charge is -2.11. The van der Waals surface area contributed by atoms with Crippen LogP contribution in [0.2, 0.25) is 0 Å². The van der Waals surface area contributed by atoms with Crippen molar-refractivity contribution in [1.82, 2.24) is 5.32 Å². The SMILES string of the molecule is O=C1CCC(c2ccccc2Br)N1. The average Bonchev–Trinajstić information content (AvgIpc) is 2.53. The van der Waals surface area contributed by atoms with Crippen LogP contribution in [0.25, 0.3) is 0 Å². The maximum absolute atomic E-state index is 11.0. The first-order valence-corrected chi connectivity index (χ1v) is 5.10. The molecular formula is C10H10BrNO. The zero-order valence-electron chi connectivity index (χ0n) is 7.09. The van der Waals surface area contributed by atoms with Crippen molar-refractivity contribution >= 4 is 21.8 Å². The average molecular weight is 240 g/mol. The molecule has 0 bridgehead atoms. The second-order valence-corrected chi connectivity index (χ2v) is 4.03. The van der Waals surface area contributed by atoms with Gasteiger partial charge in [0.2, 0.25) is 5.91 Å². The molecule has 0 radical (unpaired) electrons. The summed E-state index contributed by atoms with van der Waals surface area (Å²) in [6.07, 6.45) is 1.55. The van der Waals surface area contributed by atoms with Crippen LogP contribution in [0.4, 0.5) is 0 Å². The molecule has 2 nitrogen and oxygen atoms in total. The van der Waals surface area contributed by atoms with Crippen LogP contribution in [-0.4, -0.2) is 5.91 Å². The predicted octanol–water partition coefficient (Wildman–Crippen LogP) is 2.40. The number of halogens is 1. The topological polar surface area (TPSA) is 29.1 Å². The molecule has 1 amide bonds. The van der Waals surface area contributed by atoms with Crippen LogP contribution in [0.3, 0.4) is 0 Å². The van der Waals surface area contributed by atoms with Crippen LogP contribution in [0.1, 0.15) is 24.4 Å². The van der Waals surface area contributed by atoms with Crippen molar-refractivity contribution in [2.75, 3.05) is 0 Å². The molecule has 0 aromatic heterocycles. The van der Waals surface area contributed by atoms with Gasteiger partial charge in [-0.2, -0.15) is 0 Å². The van der Waals surface area contributed by atoms with Gasteiger partial charge in [-0.1, -0.05) is 34.1 Å². The Morgan fingerprint density at radius 3 is 2.77 bits per heavy atom. The number of rotatable bonds is 1. The fourth-order valence-electron chi connectivity index (χ4n) is 1.61. The lowest BCUT2D eigenvalue weighted by atomic mass is 10.1. The van der Waals surface area contributed by atoms with Crippen molar-refractivity contribution in [3.63, 3.8) is 0 Å². The van der Waals surface area contributed by atoms with E-state index < -0.39 is 0 Å². The Hall–Kier alpha value is -0.830. The zero-order chi connectivity index (χ0) is 9.26. The molecular weight excluding hydrogens is 230 g/mol. The number of hydrogen-bond acceptors (Lipinski definition) is 1. The van der Waals surface area contributed by atoms with E-state index in [1.54, 1.807) is 0 Å². The van der Waals surface area contributed by atoms with E-state index in [9.17, 15) is 4.79 Å². The van der Waals surface area contributed by atoms with Crippen molar-refractivity contribution in [1.29, 1.82) is 0 Å². The summed E-state index contributed by atoms with van der Waals surface area (Å²) < 4.78 is 1.07. The summed E-state index contributed by atoms with van der Waals surface area (Å²) in [5.74, 6) is 0.153. The third-order valence-corrected chi connectivity index (χ3v) is 3.00. The first-order valence-electron chi connectivity index (χ1n) is 4.31. The number of carbonyl (C=O) groups is 1. The summed E-state index contributed by atoms with van der Waals surface area (Å²) in [7, 11) is 0. The fourth-order valence-corrected chi connectivity index (χ4v) is 2.17. The van der Waals surface area contributed by atoms with Gasteiger partial charge in [0, 0.05) is 10.9 Å². The van der Waals surface area contributed by atoms with Gasteiger partial charge < -0.3 is 5.32 Å². The second-order valence-electron chi connectivity index (χ2n) is 3.18. The van der Waals surface area contributed by atoms with Crippen LogP contribution < -0.4 is 5.32 Å². The molecule has 1 aromatic carbocycles. The van der Waals surface area contributed by atoms with E-state index in [0.717, 1.165) is 10.9 Å². The predicted molar refractivity (Wildman–Crippen MR) is 54.3 cm³/mol. The van der Waals surface area contributed by atoms with Crippen LogP contribution >= 0.6 is 15.9 Å². The highest BCUT2D eigenvalue weighted by Crippen LogP contribution is 2.29. The van der Waals surface area contributed by atoms with Gasteiger partial charge in [-0.25, -0.2) is 0 Å². The van der Waals surface area contributed by atoms with Crippen molar-refractivity contribution in [3.05, 3.63) is 34.3 Å². The molecule has 1 aliphatic heterocycles. The first kappa shape index (κ1) is 8.75. The molecule has 1 unspecified atom stereocenters. The Morgan fingerprint density at radius 1 is 1.38 bits per heavy atom. The second kappa shape index (κ2) is 3.50. The molecule has 1 aromatic rings. The molecule has 1 atom stereocenters. The normalized spacial score (nSPS) is 21.6. The van der Waals surface area contributed by atoms with Gasteiger partial charge in [0.25, 0.3) is 0 Å². The summed E-state index contributed by atoms with van der Waals surface area (Å²) in [5, 5.41) is 2.94. The molecule has 1 saturated heterocycles. The maximum Gasteiger partial charge on any atom is 0.220 e. The molecule has 1 aliphatic rings. The Kier molecular flexibility index (Phi) is 2.36. The fraction of sp³-hybridized carbons (Fsp3) is 0.300. The summed E-state index contributed by atoms with van der Waals surface area (Å²) in [5.41, 5.74) is 1.17. The summed E-state index contributed by atoms with van der Waals surface area (Å²) in [6, 6.07) is 8.21. The van der Waals surface area contributed by atoms with Gasteiger partial charge in [0.1, 0.15) is 0 Å². The van der Waals surface area contributed by atoms with Crippen molar-refractivity contribution < 1.29 is 4.79 Å². The highest BCUT2D eigenvalue weighted by Gasteiger charge is 2.23. The number of amides is 1. The molecule has 68 valence electrons. The van der Waals surface area contributed by atoms with Gasteiger partial charge in [0.15, 0.2) is 0 Å². The number of carbonyl (C=O) groups excluding carboxylic acids is 1. The quantitative estimate of drug-likeness (QED) is 0.802. The minimum atomic E-state index is 0.153. The van der Waals surface area contributed by atoms with E-state index in [2.05, 4.69) is 21.2 Å². The highest BCUT2D eigenvalue weighted by atomic mass is 79.9. The molecule has 2 rings (SSSR count). The smallest absolute Gasteiger partial charge is 0.220 e. The maximum atomic E-state index is 11.0.